The fourth-order valence-corrected chi connectivity index (χ4v) is 5.18. The molecule has 2 aromatic rings. The first-order chi connectivity index (χ1) is 14.9. The highest BCUT2D eigenvalue weighted by Crippen LogP contribution is 2.22. The maximum absolute atomic E-state index is 13.0. The predicted molar refractivity (Wildman–Crippen MR) is 118 cm³/mol. The van der Waals surface area contributed by atoms with Crippen molar-refractivity contribution in [3.05, 3.63) is 54.1 Å². The van der Waals surface area contributed by atoms with Gasteiger partial charge >= 0.3 is 0 Å². The summed E-state index contributed by atoms with van der Waals surface area (Å²) in [5, 5.41) is 0. The van der Waals surface area contributed by atoms with Crippen LogP contribution in [0.3, 0.4) is 0 Å². The van der Waals surface area contributed by atoms with Gasteiger partial charge < -0.3 is 19.1 Å². The first-order valence-corrected chi connectivity index (χ1v) is 12.2. The molecule has 1 atom stereocenters. The van der Waals surface area contributed by atoms with E-state index < -0.39 is 9.84 Å². The fraction of sp³-hybridized carbons (Fsp3) is 0.435. The Hall–Kier alpha value is -2.74. The highest BCUT2D eigenvalue weighted by molar-refractivity contribution is 7.91. The number of nitrogens with zero attached hydrogens (tertiary/aromatic N) is 1. The number of ether oxygens (including phenoxy) is 3. The average Bonchev–Trinajstić information content (AvgIpc) is 3.14. The summed E-state index contributed by atoms with van der Waals surface area (Å²) in [5.41, 5.74) is 0.908. The minimum absolute atomic E-state index is 0.0149. The molecule has 1 saturated heterocycles. The molecule has 1 unspecified atom stereocenters. The average molecular weight is 448 g/mol. The predicted octanol–water partition coefficient (Wildman–Crippen LogP) is 3.08. The molecule has 2 aromatic carbocycles. The molecule has 1 aliphatic rings. The van der Waals surface area contributed by atoms with Crippen molar-refractivity contribution in [2.75, 3.05) is 31.8 Å². The largest absolute Gasteiger partial charge is 0.497 e. The Labute approximate surface area is 183 Å². The van der Waals surface area contributed by atoms with Crippen LogP contribution in [0.5, 0.6) is 17.2 Å². The molecule has 168 valence electrons. The Kier molecular flexibility index (Phi) is 7.79. The van der Waals surface area contributed by atoms with Crippen LogP contribution in [0.4, 0.5) is 0 Å². The molecule has 0 saturated carbocycles. The van der Waals surface area contributed by atoms with E-state index in [9.17, 15) is 13.2 Å². The Morgan fingerprint density at radius 1 is 1.00 bits per heavy atom. The molecular weight excluding hydrogens is 418 g/mol. The van der Waals surface area contributed by atoms with Gasteiger partial charge in [0.25, 0.3) is 5.91 Å². The second-order valence-electron chi connectivity index (χ2n) is 7.54. The minimum Gasteiger partial charge on any atom is -0.497 e. The molecule has 7 nitrogen and oxygen atoms in total. The van der Waals surface area contributed by atoms with Gasteiger partial charge in [0.1, 0.15) is 17.2 Å². The first-order valence-electron chi connectivity index (χ1n) is 10.4. The maximum Gasteiger partial charge on any atom is 0.261 e. The van der Waals surface area contributed by atoms with Crippen LogP contribution in [0, 0.1) is 0 Å². The van der Waals surface area contributed by atoms with Crippen LogP contribution >= 0.6 is 0 Å². The molecule has 0 spiro atoms. The summed E-state index contributed by atoms with van der Waals surface area (Å²) in [6.45, 7) is 2.84. The zero-order chi connectivity index (χ0) is 22.3. The quantitative estimate of drug-likeness (QED) is 0.557. The van der Waals surface area contributed by atoms with Gasteiger partial charge in [-0.3, -0.25) is 4.79 Å². The molecule has 0 aliphatic carbocycles. The van der Waals surface area contributed by atoms with Gasteiger partial charge in [-0.15, -0.1) is 0 Å². The van der Waals surface area contributed by atoms with Gasteiger partial charge in [-0.25, -0.2) is 8.42 Å². The van der Waals surface area contributed by atoms with Crippen LogP contribution in [-0.2, 0) is 21.2 Å². The number of carbonyl (C=O) groups excluding carboxylic acids is 1. The molecule has 0 radical (unpaired) electrons. The molecular formula is C23H29NO6S. The number of methoxy groups -OCH3 is 1. The summed E-state index contributed by atoms with van der Waals surface area (Å²) in [4.78, 5) is 14.6. The van der Waals surface area contributed by atoms with Crippen molar-refractivity contribution in [2.45, 2.75) is 32.4 Å². The van der Waals surface area contributed by atoms with E-state index in [1.807, 2.05) is 31.2 Å². The topological polar surface area (TPSA) is 82.1 Å². The molecule has 8 heteroatoms. The summed E-state index contributed by atoms with van der Waals surface area (Å²) in [6.07, 6.45) is 1.36. The lowest BCUT2D eigenvalue weighted by molar-refractivity contribution is -0.136. The fourth-order valence-electron chi connectivity index (χ4n) is 3.45. The number of rotatable bonds is 10. The summed E-state index contributed by atoms with van der Waals surface area (Å²) in [7, 11) is -1.55. The van der Waals surface area contributed by atoms with Crippen LogP contribution in [0.2, 0.25) is 0 Å². The Morgan fingerprint density at radius 3 is 2.19 bits per heavy atom. The van der Waals surface area contributed by atoms with Crippen LogP contribution in [-0.4, -0.2) is 57.1 Å². The second kappa shape index (κ2) is 10.5. The summed E-state index contributed by atoms with van der Waals surface area (Å²) in [5.74, 6) is 1.86. The van der Waals surface area contributed by atoms with Gasteiger partial charge in [-0.2, -0.15) is 0 Å². The highest BCUT2D eigenvalue weighted by Gasteiger charge is 2.34. The lowest BCUT2D eigenvalue weighted by Gasteiger charge is -2.28. The molecule has 3 rings (SSSR count). The van der Waals surface area contributed by atoms with Crippen molar-refractivity contribution >= 4 is 15.7 Å². The van der Waals surface area contributed by atoms with Crippen molar-refractivity contribution in [1.29, 1.82) is 0 Å². The molecule has 31 heavy (non-hydrogen) atoms. The SMILES string of the molecule is CCCOc1ccc(CN(C(=O)COc2ccc(OC)cc2)C2CCS(=O)(=O)C2)cc1. The van der Waals surface area contributed by atoms with Crippen molar-refractivity contribution in [3.63, 3.8) is 0 Å². The van der Waals surface area contributed by atoms with Crippen LogP contribution < -0.4 is 14.2 Å². The number of sulfone groups is 1. The summed E-state index contributed by atoms with van der Waals surface area (Å²) >= 11 is 0. The molecule has 1 heterocycles. The van der Waals surface area contributed by atoms with Gasteiger partial charge in [0.15, 0.2) is 16.4 Å². The Balaban J connectivity index is 1.68. The third-order valence-corrected chi connectivity index (χ3v) is 6.89. The maximum atomic E-state index is 13.0. The molecule has 1 aliphatic heterocycles. The van der Waals surface area contributed by atoms with Gasteiger partial charge in [0.2, 0.25) is 0 Å². The van der Waals surface area contributed by atoms with E-state index in [2.05, 4.69) is 0 Å². The van der Waals surface area contributed by atoms with Gasteiger partial charge in [-0.05, 0) is 54.8 Å². The zero-order valence-electron chi connectivity index (χ0n) is 18.0. The third kappa shape index (κ3) is 6.62. The van der Waals surface area contributed by atoms with Crippen molar-refractivity contribution in [2.24, 2.45) is 0 Å². The zero-order valence-corrected chi connectivity index (χ0v) is 18.8. The monoisotopic (exact) mass is 447 g/mol. The second-order valence-corrected chi connectivity index (χ2v) is 9.76. The van der Waals surface area contributed by atoms with E-state index in [0.717, 1.165) is 17.7 Å². The number of hydrogen-bond donors (Lipinski definition) is 0. The molecule has 0 aromatic heterocycles. The van der Waals surface area contributed by atoms with Crippen molar-refractivity contribution in [3.8, 4) is 17.2 Å². The number of amides is 1. The molecule has 1 amide bonds. The minimum atomic E-state index is -3.13. The summed E-state index contributed by atoms with van der Waals surface area (Å²) < 4.78 is 40.4. The third-order valence-electron chi connectivity index (χ3n) is 5.14. The van der Waals surface area contributed by atoms with Crippen molar-refractivity contribution in [1.82, 2.24) is 4.90 Å². The van der Waals surface area contributed by atoms with E-state index in [1.165, 1.54) is 0 Å². The standard InChI is InChI=1S/C23H29NO6S/c1-3-13-29-21-6-4-18(5-7-21)15-24(19-12-14-31(26,27)17-19)23(25)16-30-22-10-8-20(28-2)9-11-22/h4-11,19H,3,12-17H2,1-2H3. The molecule has 0 bridgehead atoms. The first kappa shape index (κ1) is 22.9. The lowest BCUT2D eigenvalue weighted by Crippen LogP contribution is -2.43. The van der Waals surface area contributed by atoms with Crippen LogP contribution in [0.15, 0.2) is 48.5 Å². The number of carbonyl (C=O) groups is 1. The van der Waals surface area contributed by atoms with Crippen LogP contribution in [0.25, 0.3) is 0 Å². The van der Waals surface area contributed by atoms with E-state index in [0.29, 0.717) is 31.1 Å². The normalized spacial score (nSPS) is 17.2. The van der Waals surface area contributed by atoms with E-state index in [-0.39, 0.29) is 30.1 Å². The van der Waals surface area contributed by atoms with Gasteiger partial charge in [0, 0.05) is 12.6 Å². The van der Waals surface area contributed by atoms with Gasteiger partial charge in [-0.1, -0.05) is 19.1 Å². The molecule has 1 fully saturated rings. The summed E-state index contributed by atoms with van der Waals surface area (Å²) in [6, 6.07) is 14.1. The van der Waals surface area contributed by atoms with E-state index in [4.69, 9.17) is 14.2 Å². The highest BCUT2D eigenvalue weighted by atomic mass is 32.2. The van der Waals surface area contributed by atoms with Crippen molar-refractivity contribution < 1.29 is 27.4 Å². The number of benzene rings is 2. The number of hydrogen-bond acceptors (Lipinski definition) is 6. The van der Waals surface area contributed by atoms with Gasteiger partial charge in [0.05, 0.1) is 25.2 Å². The smallest absolute Gasteiger partial charge is 0.261 e. The Bertz CT molecular complexity index is 957. The lowest BCUT2D eigenvalue weighted by atomic mass is 10.1. The van der Waals surface area contributed by atoms with E-state index >= 15 is 0 Å². The Morgan fingerprint density at radius 2 is 1.61 bits per heavy atom. The van der Waals surface area contributed by atoms with E-state index in [1.54, 1.807) is 36.3 Å². The van der Waals surface area contributed by atoms with Crippen LogP contribution in [0.1, 0.15) is 25.3 Å². The molecule has 0 N–H and O–H groups in total.